The number of amides is 1. The molecule has 0 saturated heterocycles. The Morgan fingerprint density at radius 3 is 3.05 bits per heavy atom. The van der Waals surface area contributed by atoms with E-state index in [-0.39, 0.29) is 5.91 Å². The molecule has 0 radical (unpaired) electrons. The first-order chi connectivity index (χ1) is 10.6. The normalized spacial score (nSPS) is 13.6. The summed E-state index contributed by atoms with van der Waals surface area (Å²) in [6, 6.07) is 3.48. The van der Waals surface area contributed by atoms with Gasteiger partial charge in [0.05, 0.1) is 12.8 Å². The number of aromatic amines is 1. The first-order valence-electron chi connectivity index (χ1n) is 7.02. The summed E-state index contributed by atoms with van der Waals surface area (Å²) in [6.07, 6.45) is 0.846. The van der Waals surface area contributed by atoms with E-state index < -0.39 is 0 Å². The van der Waals surface area contributed by atoms with E-state index in [2.05, 4.69) is 20.8 Å². The van der Waals surface area contributed by atoms with Crippen LogP contribution in [0.3, 0.4) is 0 Å². The number of aryl methyl sites for hydroxylation is 1. The number of ether oxygens (including phenoxy) is 1. The van der Waals surface area contributed by atoms with E-state index in [0.717, 1.165) is 29.8 Å². The number of benzene rings is 1. The Bertz CT molecular complexity index is 727. The Morgan fingerprint density at radius 1 is 1.45 bits per heavy atom. The summed E-state index contributed by atoms with van der Waals surface area (Å²) in [5, 5.41) is 13.8. The van der Waals surface area contributed by atoms with Crippen LogP contribution < -0.4 is 15.4 Å². The predicted molar refractivity (Wildman–Crippen MR) is 84.7 cm³/mol. The van der Waals surface area contributed by atoms with Gasteiger partial charge in [-0.1, -0.05) is 11.6 Å². The van der Waals surface area contributed by atoms with Crippen LogP contribution in [0.4, 0.5) is 5.69 Å². The highest BCUT2D eigenvalue weighted by Crippen LogP contribution is 2.31. The van der Waals surface area contributed by atoms with Crippen LogP contribution in [0.1, 0.15) is 27.3 Å². The van der Waals surface area contributed by atoms with Crippen LogP contribution in [-0.4, -0.2) is 29.8 Å². The number of aromatic nitrogens is 2. The highest BCUT2D eigenvalue weighted by molar-refractivity contribution is 6.31. The zero-order valence-electron chi connectivity index (χ0n) is 12.4. The van der Waals surface area contributed by atoms with Crippen LogP contribution in [0.5, 0.6) is 5.75 Å². The number of carbonyl (C=O) groups is 1. The van der Waals surface area contributed by atoms with Crippen molar-refractivity contribution in [2.75, 3.05) is 19.0 Å². The largest absolute Gasteiger partial charge is 0.495 e. The number of H-pyrrole nitrogens is 1. The summed E-state index contributed by atoms with van der Waals surface area (Å²) >= 11 is 6.08. The molecule has 1 aromatic carbocycles. The van der Waals surface area contributed by atoms with Crippen LogP contribution in [0.15, 0.2) is 12.1 Å². The molecule has 0 fully saturated rings. The second kappa shape index (κ2) is 5.98. The lowest BCUT2D eigenvalue weighted by molar-refractivity contribution is 0.102. The standard InChI is InChI=1S/C15H17ClN4O2/c1-8-5-12(13(22-2)6-10(8)16)18-15(21)14-9-7-17-4-3-11(9)19-20-14/h5-6,17H,3-4,7H2,1-2H3,(H,18,21)(H,19,20). The van der Waals surface area contributed by atoms with Crippen molar-refractivity contribution in [1.29, 1.82) is 0 Å². The molecule has 0 atom stereocenters. The van der Waals surface area contributed by atoms with Gasteiger partial charge in [0.1, 0.15) is 5.75 Å². The molecule has 3 N–H and O–H groups in total. The molecular weight excluding hydrogens is 304 g/mol. The predicted octanol–water partition coefficient (Wildman–Crippen LogP) is 2.28. The minimum Gasteiger partial charge on any atom is -0.495 e. The summed E-state index contributed by atoms with van der Waals surface area (Å²) in [4.78, 5) is 12.5. The third-order valence-electron chi connectivity index (χ3n) is 3.75. The van der Waals surface area contributed by atoms with Gasteiger partial charge in [-0.25, -0.2) is 0 Å². The number of halogens is 1. The number of carbonyl (C=O) groups excluding carboxylic acids is 1. The van der Waals surface area contributed by atoms with E-state index in [1.165, 1.54) is 7.11 Å². The number of hydrogen-bond donors (Lipinski definition) is 3. The van der Waals surface area contributed by atoms with Gasteiger partial charge in [-0.15, -0.1) is 0 Å². The van der Waals surface area contributed by atoms with Gasteiger partial charge >= 0.3 is 0 Å². The van der Waals surface area contributed by atoms with E-state index in [4.69, 9.17) is 16.3 Å². The number of rotatable bonds is 3. The first kappa shape index (κ1) is 14.9. The smallest absolute Gasteiger partial charge is 0.276 e. The lowest BCUT2D eigenvalue weighted by Gasteiger charge is -2.14. The van der Waals surface area contributed by atoms with Crippen molar-refractivity contribution in [1.82, 2.24) is 15.5 Å². The maximum Gasteiger partial charge on any atom is 0.276 e. The SMILES string of the molecule is COc1cc(Cl)c(C)cc1NC(=O)c1n[nH]c2c1CNCC2. The van der Waals surface area contributed by atoms with Crippen LogP contribution in [0, 0.1) is 6.92 Å². The molecule has 1 aliphatic rings. The van der Waals surface area contributed by atoms with Crippen molar-refractivity contribution in [3.63, 3.8) is 0 Å². The topological polar surface area (TPSA) is 79.0 Å². The molecule has 1 aromatic heterocycles. The van der Waals surface area contributed by atoms with E-state index in [1.807, 2.05) is 6.92 Å². The van der Waals surface area contributed by atoms with E-state index in [9.17, 15) is 4.79 Å². The van der Waals surface area contributed by atoms with Gasteiger partial charge in [0.15, 0.2) is 5.69 Å². The summed E-state index contributed by atoms with van der Waals surface area (Å²) in [6.45, 7) is 3.41. The highest BCUT2D eigenvalue weighted by atomic mass is 35.5. The molecule has 7 heteroatoms. The van der Waals surface area contributed by atoms with Crippen LogP contribution in [0.25, 0.3) is 0 Å². The summed E-state index contributed by atoms with van der Waals surface area (Å²) in [7, 11) is 1.54. The maximum absolute atomic E-state index is 12.5. The van der Waals surface area contributed by atoms with Crippen molar-refractivity contribution in [3.05, 3.63) is 39.7 Å². The summed E-state index contributed by atoms with van der Waals surface area (Å²) in [5.41, 5.74) is 3.80. The Hall–Kier alpha value is -2.05. The van der Waals surface area contributed by atoms with E-state index in [1.54, 1.807) is 12.1 Å². The maximum atomic E-state index is 12.5. The molecule has 2 heterocycles. The van der Waals surface area contributed by atoms with Gasteiger partial charge < -0.3 is 15.4 Å². The molecule has 2 aromatic rings. The summed E-state index contributed by atoms with van der Waals surface area (Å²) < 4.78 is 5.27. The second-order valence-electron chi connectivity index (χ2n) is 5.21. The summed E-state index contributed by atoms with van der Waals surface area (Å²) in [5.74, 6) is 0.257. The Morgan fingerprint density at radius 2 is 2.27 bits per heavy atom. The van der Waals surface area contributed by atoms with Gasteiger partial charge in [-0.05, 0) is 18.6 Å². The molecule has 0 bridgehead atoms. The monoisotopic (exact) mass is 320 g/mol. The van der Waals surface area contributed by atoms with Crippen LogP contribution in [-0.2, 0) is 13.0 Å². The lowest BCUT2D eigenvalue weighted by Crippen LogP contribution is -2.25. The van der Waals surface area contributed by atoms with Crippen molar-refractivity contribution in [2.24, 2.45) is 0 Å². The van der Waals surface area contributed by atoms with Gasteiger partial charge in [0, 0.05) is 41.9 Å². The lowest BCUT2D eigenvalue weighted by atomic mass is 10.1. The molecule has 3 rings (SSSR count). The molecule has 6 nitrogen and oxygen atoms in total. The van der Waals surface area contributed by atoms with Gasteiger partial charge in [-0.2, -0.15) is 5.10 Å². The second-order valence-corrected chi connectivity index (χ2v) is 5.62. The zero-order chi connectivity index (χ0) is 15.7. The molecule has 0 spiro atoms. The minimum absolute atomic E-state index is 0.263. The number of methoxy groups -OCH3 is 1. The van der Waals surface area contributed by atoms with Crippen LogP contribution in [0.2, 0.25) is 5.02 Å². The first-order valence-corrected chi connectivity index (χ1v) is 7.40. The number of fused-ring (bicyclic) bond motifs is 1. The molecular formula is C15H17ClN4O2. The minimum atomic E-state index is -0.263. The molecule has 22 heavy (non-hydrogen) atoms. The molecule has 0 saturated carbocycles. The number of nitrogens with one attached hydrogen (secondary N) is 3. The van der Waals surface area contributed by atoms with E-state index >= 15 is 0 Å². The number of hydrogen-bond acceptors (Lipinski definition) is 4. The Kier molecular flexibility index (Phi) is 4.04. The van der Waals surface area contributed by atoms with Gasteiger partial charge in [0.2, 0.25) is 0 Å². The Labute approximate surface area is 133 Å². The van der Waals surface area contributed by atoms with Crippen molar-refractivity contribution < 1.29 is 9.53 Å². The fourth-order valence-corrected chi connectivity index (χ4v) is 2.68. The molecule has 0 aliphatic carbocycles. The molecule has 1 amide bonds. The fraction of sp³-hybridized carbons (Fsp3) is 0.333. The molecule has 0 unspecified atom stereocenters. The third-order valence-corrected chi connectivity index (χ3v) is 4.16. The number of nitrogens with zero attached hydrogens (tertiary/aromatic N) is 1. The van der Waals surface area contributed by atoms with E-state index in [0.29, 0.717) is 28.7 Å². The van der Waals surface area contributed by atoms with Gasteiger partial charge in [0.25, 0.3) is 5.91 Å². The average molecular weight is 321 g/mol. The Balaban J connectivity index is 1.89. The zero-order valence-corrected chi connectivity index (χ0v) is 13.2. The fourth-order valence-electron chi connectivity index (χ4n) is 2.52. The third kappa shape index (κ3) is 2.67. The van der Waals surface area contributed by atoms with Crippen molar-refractivity contribution in [2.45, 2.75) is 19.9 Å². The van der Waals surface area contributed by atoms with Crippen LogP contribution >= 0.6 is 11.6 Å². The molecule has 116 valence electrons. The molecule has 1 aliphatic heterocycles. The van der Waals surface area contributed by atoms with Crippen molar-refractivity contribution >= 4 is 23.2 Å². The van der Waals surface area contributed by atoms with Gasteiger partial charge in [-0.3, -0.25) is 9.89 Å². The quantitative estimate of drug-likeness (QED) is 0.810. The average Bonchev–Trinajstić information content (AvgIpc) is 2.94. The number of anilines is 1. The van der Waals surface area contributed by atoms with Crippen molar-refractivity contribution in [3.8, 4) is 5.75 Å². The highest BCUT2D eigenvalue weighted by Gasteiger charge is 2.22.